The average Bonchev–Trinajstić information content (AvgIpc) is 2.54. The highest BCUT2D eigenvalue weighted by Gasteiger charge is 2.14. The number of hydrogen-bond donors (Lipinski definition) is 2. The average molecular weight is 336 g/mol. The van der Waals surface area contributed by atoms with Crippen LogP contribution < -0.4 is 15.6 Å². The molecule has 2 aromatic carbocycles. The predicted octanol–water partition coefficient (Wildman–Crippen LogP) is 4.18. The number of fused-ring (bicyclic) bond motifs is 1. The molecule has 0 saturated heterocycles. The summed E-state index contributed by atoms with van der Waals surface area (Å²) in [6.07, 6.45) is 0. The molecular formula is C20H20N2O3. The number of anilines is 1. The molecule has 0 bridgehead atoms. The highest BCUT2D eigenvalue weighted by molar-refractivity contribution is 6.05. The number of benzene rings is 2. The number of rotatable bonds is 4. The Morgan fingerprint density at radius 1 is 1.16 bits per heavy atom. The van der Waals surface area contributed by atoms with Gasteiger partial charge in [0.2, 0.25) is 5.55 Å². The summed E-state index contributed by atoms with van der Waals surface area (Å²) in [5.74, 6) is 0.192. The van der Waals surface area contributed by atoms with E-state index in [2.05, 4.69) is 5.32 Å². The molecule has 0 saturated carbocycles. The first-order chi connectivity index (χ1) is 12.0. The fourth-order valence-corrected chi connectivity index (χ4v) is 2.82. The fourth-order valence-electron chi connectivity index (χ4n) is 2.82. The molecule has 128 valence electrons. The van der Waals surface area contributed by atoms with E-state index in [1.165, 1.54) is 0 Å². The van der Waals surface area contributed by atoms with E-state index < -0.39 is 0 Å². The first-order valence-corrected chi connectivity index (χ1v) is 8.12. The molecule has 5 nitrogen and oxygen atoms in total. The number of aryl methyl sites for hydroxylation is 2. The maximum absolute atomic E-state index is 12.6. The second kappa shape index (κ2) is 6.81. The van der Waals surface area contributed by atoms with Gasteiger partial charge in [-0.1, -0.05) is 18.2 Å². The quantitative estimate of drug-likeness (QED) is 0.750. The van der Waals surface area contributed by atoms with Crippen molar-refractivity contribution in [3.05, 3.63) is 64.7 Å². The zero-order valence-electron chi connectivity index (χ0n) is 14.5. The van der Waals surface area contributed by atoms with Crippen molar-refractivity contribution in [3.63, 3.8) is 0 Å². The van der Waals surface area contributed by atoms with Gasteiger partial charge in [0.05, 0.1) is 6.61 Å². The second-order valence-corrected chi connectivity index (χ2v) is 5.93. The SMILES string of the molecule is CCOc1cccc2cc(C(=O)Nc3cc(C)cc(C)c3)c(=N)oc12. The highest BCUT2D eigenvalue weighted by atomic mass is 16.5. The summed E-state index contributed by atoms with van der Waals surface area (Å²) < 4.78 is 11.1. The number of para-hydroxylation sites is 1. The van der Waals surface area contributed by atoms with E-state index in [9.17, 15) is 4.79 Å². The van der Waals surface area contributed by atoms with Crippen LogP contribution in [0, 0.1) is 19.3 Å². The van der Waals surface area contributed by atoms with Crippen molar-refractivity contribution in [1.82, 2.24) is 0 Å². The molecule has 5 heteroatoms. The van der Waals surface area contributed by atoms with E-state index in [4.69, 9.17) is 14.6 Å². The molecule has 1 heterocycles. The van der Waals surface area contributed by atoms with E-state index >= 15 is 0 Å². The van der Waals surface area contributed by atoms with Gasteiger partial charge in [0, 0.05) is 11.1 Å². The van der Waals surface area contributed by atoms with E-state index in [-0.39, 0.29) is 17.0 Å². The second-order valence-electron chi connectivity index (χ2n) is 5.93. The Hall–Kier alpha value is -3.08. The van der Waals surface area contributed by atoms with Crippen molar-refractivity contribution < 1.29 is 13.9 Å². The molecule has 0 aliphatic carbocycles. The van der Waals surface area contributed by atoms with Crippen LogP contribution in [-0.4, -0.2) is 12.5 Å². The van der Waals surface area contributed by atoms with Crippen LogP contribution in [0.15, 0.2) is 46.9 Å². The third kappa shape index (κ3) is 3.55. The molecule has 3 rings (SSSR count). The third-order valence-corrected chi connectivity index (χ3v) is 3.78. The Labute approximate surface area is 145 Å². The molecule has 0 fully saturated rings. The van der Waals surface area contributed by atoms with Crippen LogP contribution in [-0.2, 0) is 0 Å². The van der Waals surface area contributed by atoms with E-state index in [0.29, 0.717) is 29.0 Å². The number of carbonyl (C=O) groups is 1. The first-order valence-electron chi connectivity index (χ1n) is 8.12. The lowest BCUT2D eigenvalue weighted by molar-refractivity contribution is 0.102. The van der Waals surface area contributed by atoms with Crippen molar-refractivity contribution in [1.29, 1.82) is 5.41 Å². The standard InChI is InChI=1S/C20H20N2O3/c1-4-24-17-7-5-6-14-11-16(19(21)25-18(14)17)20(23)22-15-9-12(2)8-13(3)10-15/h5-11,21H,4H2,1-3H3,(H,22,23). The third-order valence-electron chi connectivity index (χ3n) is 3.78. The van der Waals surface area contributed by atoms with Gasteiger partial charge in [-0.05, 0) is 56.2 Å². The largest absolute Gasteiger partial charge is 0.490 e. The Balaban J connectivity index is 1.99. The number of carbonyl (C=O) groups excluding carboxylic acids is 1. The minimum Gasteiger partial charge on any atom is -0.490 e. The van der Waals surface area contributed by atoms with Gasteiger partial charge in [-0.25, -0.2) is 0 Å². The Bertz CT molecular complexity index is 985. The molecule has 1 aromatic heterocycles. The minimum atomic E-state index is -0.373. The molecule has 1 amide bonds. The summed E-state index contributed by atoms with van der Waals surface area (Å²) in [7, 11) is 0. The molecule has 0 atom stereocenters. The first kappa shape index (κ1) is 16.8. The number of amides is 1. The molecule has 0 aliphatic rings. The van der Waals surface area contributed by atoms with Crippen LogP contribution in [0.3, 0.4) is 0 Å². The fraction of sp³-hybridized carbons (Fsp3) is 0.200. The van der Waals surface area contributed by atoms with Crippen molar-refractivity contribution in [2.75, 3.05) is 11.9 Å². The summed E-state index contributed by atoms with van der Waals surface area (Å²) in [4.78, 5) is 12.6. The lowest BCUT2D eigenvalue weighted by Crippen LogP contribution is -2.21. The van der Waals surface area contributed by atoms with Crippen molar-refractivity contribution >= 4 is 22.6 Å². The molecule has 0 unspecified atom stereocenters. The van der Waals surface area contributed by atoms with Crippen molar-refractivity contribution in [2.45, 2.75) is 20.8 Å². The lowest BCUT2D eigenvalue weighted by atomic mass is 10.1. The Morgan fingerprint density at radius 2 is 1.88 bits per heavy atom. The van der Waals surface area contributed by atoms with Crippen LogP contribution in [0.4, 0.5) is 5.69 Å². The lowest BCUT2D eigenvalue weighted by Gasteiger charge is -2.10. The number of ether oxygens (including phenoxy) is 1. The normalized spacial score (nSPS) is 10.7. The van der Waals surface area contributed by atoms with Gasteiger partial charge in [0.15, 0.2) is 11.3 Å². The molecular weight excluding hydrogens is 316 g/mol. The molecule has 3 aromatic rings. The summed E-state index contributed by atoms with van der Waals surface area (Å²) in [6.45, 7) is 6.32. The smallest absolute Gasteiger partial charge is 0.261 e. The topological polar surface area (TPSA) is 75.3 Å². The number of nitrogens with one attached hydrogen (secondary N) is 2. The van der Waals surface area contributed by atoms with Crippen LogP contribution in [0.25, 0.3) is 11.0 Å². The molecule has 0 radical (unpaired) electrons. The van der Waals surface area contributed by atoms with Gasteiger partial charge in [0.1, 0.15) is 5.56 Å². The van der Waals surface area contributed by atoms with Crippen molar-refractivity contribution in [2.24, 2.45) is 0 Å². The van der Waals surface area contributed by atoms with Crippen LogP contribution in [0.2, 0.25) is 0 Å². The Kier molecular flexibility index (Phi) is 4.57. The van der Waals surface area contributed by atoms with Gasteiger partial charge >= 0.3 is 0 Å². The van der Waals surface area contributed by atoms with Crippen LogP contribution >= 0.6 is 0 Å². The van der Waals surface area contributed by atoms with E-state index in [1.54, 1.807) is 12.1 Å². The minimum absolute atomic E-state index is 0.181. The predicted molar refractivity (Wildman–Crippen MR) is 97.1 cm³/mol. The zero-order valence-corrected chi connectivity index (χ0v) is 14.5. The van der Waals surface area contributed by atoms with Crippen LogP contribution in [0.5, 0.6) is 5.75 Å². The molecule has 25 heavy (non-hydrogen) atoms. The number of hydrogen-bond acceptors (Lipinski definition) is 4. The highest BCUT2D eigenvalue weighted by Crippen LogP contribution is 2.25. The van der Waals surface area contributed by atoms with E-state index in [1.807, 2.05) is 51.1 Å². The zero-order chi connectivity index (χ0) is 18.0. The van der Waals surface area contributed by atoms with Gasteiger partial charge < -0.3 is 14.5 Å². The van der Waals surface area contributed by atoms with Gasteiger partial charge in [-0.2, -0.15) is 0 Å². The van der Waals surface area contributed by atoms with Crippen molar-refractivity contribution in [3.8, 4) is 5.75 Å². The maximum atomic E-state index is 12.6. The van der Waals surface area contributed by atoms with Gasteiger partial charge in [-0.15, -0.1) is 0 Å². The molecule has 0 spiro atoms. The molecule has 2 N–H and O–H groups in total. The Morgan fingerprint density at radius 3 is 2.56 bits per heavy atom. The van der Waals surface area contributed by atoms with Gasteiger partial charge in [-0.3, -0.25) is 10.2 Å². The summed E-state index contributed by atoms with van der Waals surface area (Å²) in [5.41, 5.74) is 3.28. The summed E-state index contributed by atoms with van der Waals surface area (Å²) >= 11 is 0. The van der Waals surface area contributed by atoms with E-state index in [0.717, 1.165) is 11.1 Å². The summed E-state index contributed by atoms with van der Waals surface area (Å²) in [6, 6.07) is 12.9. The molecule has 0 aliphatic heterocycles. The van der Waals surface area contributed by atoms with Crippen LogP contribution in [0.1, 0.15) is 28.4 Å². The van der Waals surface area contributed by atoms with Gasteiger partial charge in [0.25, 0.3) is 5.91 Å². The monoisotopic (exact) mass is 336 g/mol. The summed E-state index contributed by atoms with van der Waals surface area (Å²) in [5, 5.41) is 11.6. The maximum Gasteiger partial charge on any atom is 0.261 e.